The smallest absolute Gasteiger partial charge is 0.0220 e. The van der Waals surface area contributed by atoms with Crippen LogP contribution in [0.3, 0.4) is 0 Å². The first-order valence-electron chi connectivity index (χ1n) is 7.26. The molecule has 3 heteroatoms. The van der Waals surface area contributed by atoms with Gasteiger partial charge in [-0.3, -0.25) is 4.90 Å². The summed E-state index contributed by atoms with van der Waals surface area (Å²) in [5.41, 5.74) is 0. The van der Waals surface area contributed by atoms with Crippen LogP contribution < -0.4 is 5.32 Å². The molecule has 2 aliphatic heterocycles. The Labute approximate surface area is 111 Å². The van der Waals surface area contributed by atoms with Crippen molar-refractivity contribution in [1.82, 2.24) is 10.2 Å². The van der Waals surface area contributed by atoms with E-state index in [0.717, 1.165) is 23.3 Å². The van der Waals surface area contributed by atoms with Crippen molar-refractivity contribution in [1.29, 1.82) is 0 Å². The minimum atomic E-state index is 0.756. The molecular weight excluding hydrogens is 228 g/mol. The van der Waals surface area contributed by atoms with Gasteiger partial charge in [0.1, 0.15) is 0 Å². The molecular formula is C14H28N2S. The molecule has 100 valence electrons. The predicted molar refractivity (Wildman–Crippen MR) is 77.8 cm³/mol. The first kappa shape index (κ1) is 13.7. The number of hydrogen-bond acceptors (Lipinski definition) is 3. The summed E-state index contributed by atoms with van der Waals surface area (Å²) < 4.78 is 0. The molecule has 2 heterocycles. The number of nitrogens with one attached hydrogen (secondary N) is 1. The molecule has 0 spiro atoms. The maximum atomic E-state index is 3.65. The summed E-state index contributed by atoms with van der Waals surface area (Å²) in [5.74, 6) is 2.15. The van der Waals surface area contributed by atoms with E-state index < -0.39 is 0 Å². The maximum absolute atomic E-state index is 3.65. The summed E-state index contributed by atoms with van der Waals surface area (Å²) >= 11 is 2.16. The van der Waals surface area contributed by atoms with Crippen LogP contribution in [-0.4, -0.2) is 47.6 Å². The lowest BCUT2D eigenvalue weighted by molar-refractivity contribution is 0.161. The molecule has 0 aromatic heterocycles. The van der Waals surface area contributed by atoms with Crippen molar-refractivity contribution in [3.8, 4) is 0 Å². The van der Waals surface area contributed by atoms with Gasteiger partial charge in [-0.2, -0.15) is 11.8 Å². The lowest BCUT2D eigenvalue weighted by Crippen LogP contribution is -2.47. The molecule has 0 radical (unpaired) electrons. The summed E-state index contributed by atoms with van der Waals surface area (Å²) in [4.78, 5) is 2.78. The first-order chi connectivity index (χ1) is 8.16. The van der Waals surface area contributed by atoms with Crippen molar-refractivity contribution in [2.45, 2.75) is 57.4 Å². The Morgan fingerprint density at radius 1 is 1.35 bits per heavy atom. The van der Waals surface area contributed by atoms with E-state index in [1.54, 1.807) is 0 Å². The van der Waals surface area contributed by atoms with Crippen LogP contribution in [-0.2, 0) is 0 Å². The topological polar surface area (TPSA) is 15.3 Å². The first-order valence-corrected chi connectivity index (χ1v) is 8.30. The second-order valence-corrected chi connectivity index (χ2v) is 7.56. The van der Waals surface area contributed by atoms with Crippen LogP contribution in [0.4, 0.5) is 0 Å². The van der Waals surface area contributed by atoms with Crippen LogP contribution in [0, 0.1) is 5.92 Å². The Morgan fingerprint density at radius 2 is 2.18 bits per heavy atom. The van der Waals surface area contributed by atoms with Gasteiger partial charge in [0, 0.05) is 30.4 Å². The zero-order valence-corrected chi connectivity index (χ0v) is 12.4. The second-order valence-electron chi connectivity index (χ2n) is 6.07. The summed E-state index contributed by atoms with van der Waals surface area (Å²) in [7, 11) is 0. The van der Waals surface area contributed by atoms with Crippen LogP contribution in [0.1, 0.15) is 40.0 Å². The maximum Gasteiger partial charge on any atom is 0.0220 e. The third-order valence-electron chi connectivity index (χ3n) is 4.02. The van der Waals surface area contributed by atoms with Crippen molar-refractivity contribution in [2.75, 3.05) is 25.4 Å². The molecule has 17 heavy (non-hydrogen) atoms. The average Bonchev–Trinajstić information content (AvgIpc) is 2.87. The van der Waals surface area contributed by atoms with E-state index in [4.69, 9.17) is 0 Å². The van der Waals surface area contributed by atoms with Gasteiger partial charge in [-0.05, 0) is 37.5 Å². The number of nitrogens with zero attached hydrogens (tertiary/aromatic N) is 1. The van der Waals surface area contributed by atoms with Crippen molar-refractivity contribution in [3.63, 3.8) is 0 Å². The molecule has 2 fully saturated rings. The molecule has 0 bridgehead atoms. The Kier molecular flexibility index (Phi) is 5.19. The van der Waals surface area contributed by atoms with Crippen LogP contribution in [0.25, 0.3) is 0 Å². The lowest BCUT2D eigenvalue weighted by atomic mass is 10.1. The largest absolute Gasteiger partial charge is 0.313 e. The van der Waals surface area contributed by atoms with Crippen molar-refractivity contribution in [2.24, 2.45) is 5.92 Å². The zero-order valence-electron chi connectivity index (χ0n) is 11.6. The van der Waals surface area contributed by atoms with Gasteiger partial charge in [0.2, 0.25) is 0 Å². The normalized spacial score (nSPS) is 34.1. The van der Waals surface area contributed by atoms with Gasteiger partial charge in [0.25, 0.3) is 0 Å². The average molecular weight is 256 g/mol. The highest BCUT2D eigenvalue weighted by Gasteiger charge is 2.31. The molecule has 0 aromatic carbocycles. The van der Waals surface area contributed by atoms with E-state index >= 15 is 0 Å². The molecule has 3 unspecified atom stereocenters. The van der Waals surface area contributed by atoms with E-state index in [-0.39, 0.29) is 0 Å². The summed E-state index contributed by atoms with van der Waals surface area (Å²) in [6.07, 6.45) is 4.14. The lowest BCUT2D eigenvalue weighted by Gasteiger charge is -2.34. The van der Waals surface area contributed by atoms with Crippen LogP contribution in [0.2, 0.25) is 0 Å². The van der Waals surface area contributed by atoms with Crippen LogP contribution in [0.5, 0.6) is 0 Å². The highest BCUT2D eigenvalue weighted by molar-refractivity contribution is 8.00. The molecule has 3 atom stereocenters. The second kappa shape index (κ2) is 6.44. The minimum Gasteiger partial charge on any atom is -0.313 e. The summed E-state index contributed by atoms with van der Waals surface area (Å²) in [5, 5.41) is 4.48. The predicted octanol–water partition coefficient (Wildman–Crippen LogP) is 2.59. The van der Waals surface area contributed by atoms with E-state index in [2.05, 4.69) is 42.7 Å². The Morgan fingerprint density at radius 3 is 2.71 bits per heavy atom. The minimum absolute atomic E-state index is 0.756. The van der Waals surface area contributed by atoms with Crippen molar-refractivity contribution in [3.05, 3.63) is 0 Å². The monoisotopic (exact) mass is 256 g/mol. The summed E-state index contributed by atoms with van der Waals surface area (Å²) in [6.45, 7) is 10.9. The Balaban J connectivity index is 1.91. The van der Waals surface area contributed by atoms with E-state index in [9.17, 15) is 0 Å². The molecule has 0 amide bonds. The van der Waals surface area contributed by atoms with Gasteiger partial charge >= 0.3 is 0 Å². The molecule has 2 saturated heterocycles. The van der Waals surface area contributed by atoms with Crippen molar-refractivity contribution >= 4 is 11.8 Å². The molecule has 0 aliphatic carbocycles. The van der Waals surface area contributed by atoms with Gasteiger partial charge in [-0.15, -0.1) is 0 Å². The third-order valence-corrected chi connectivity index (χ3v) is 5.33. The van der Waals surface area contributed by atoms with Gasteiger partial charge in [-0.1, -0.05) is 20.8 Å². The van der Waals surface area contributed by atoms with E-state index in [1.807, 2.05) is 0 Å². The molecule has 2 aliphatic rings. The van der Waals surface area contributed by atoms with E-state index in [1.165, 1.54) is 44.6 Å². The van der Waals surface area contributed by atoms with Crippen LogP contribution >= 0.6 is 11.8 Å². The Hall–Kier alpha value is 0.270. The highest BCUT2D eigenvalue weighted by atomic mass is 32.2. The number of rotatable bonds is 5. The van der Waals surface area contributed by atoms with Gasteiger partial charge in [0.15, 0.2) is 0 Å². The van der Waals surface area contributed by atoms with E-state index in [0.29, 0.717) is 0 Å². The molecule has 1 N–H and O–H groups in total. The molecule has 2 nitrogen and oxygen atoms in total. The van der Waals surface area contributed by atoms with Gasteiger partial charge in [-0.25, -0.2) is 0 Å². The number of thioether (sulfide) groups is 1. The fourth-order valence-corrected chi connectivity index (χ4v) is 4.49. The zero-order chi connectivity index (χ0) is 12.3. The molecule has 2 rings (SSSR count). The van der Waals surface area contributed by atoms with Gasteiger partial charge < -0.3 is 5.32 Å². The van der Waals surface area contributed by atoms with Crippen molar-refractivity contribution < 1.29 is 0 Å². The van der Waals surface area contributed by atoms with Gasteiger partial charge in [0.05, 0.1) is 0 Å². The number of hydrogen-bond donors (Lipinski definition) is 1. The van der Waals surface area contributed by atoms with Crippen LogP contribution in [0.15, 0.2) is 0 Å². The Bertz CT molecular complexity index is 226. The fourth-order valence-electron chi connectivity index (χ4n) is 3.21. The third kappa shape index (κ3) is 3.87. The quantitative estimate of drug-likeness (QED) is 0.814. The molecule has 0 aromatic rings. The summed E-state index contributed by atoms with van der Waals surface area (Å²) in [6, 6.07) is 1.58. The SMILES string of the molecule is CC(C)CN(CC1CCCN1)C1CCSC1C. The highest BCUT2D eigenvalue weighted by Crippen LogP contribution is 2.31. The fraction of sp³-hybridized carbons (Fsp3) is 1.00. The molecule has 0 saturated carbocycles. The standard InChI is InChI=1S/C14H28N2S/c1-11(2)9-16(10-13-5-4-7-15-13)14-6-8-17-12(14)3/h11-15H,4-10H2,1-3H3.